The number of hydrogen-bond acceptors (Lipinski definition) is 4. The van der Waals surface area contributed by atoms with Crippen molar-refractivity contribution in [2.75, 3.05) is 0 Å². The van der Waals surface area contributed by atoms with Crippen molar-refractivity contribution in [3.8, 4) is 0 Å². The van der Waals surface area contributed by atoms with Crippen LogP contribution in [0.1, 0.15) is 12.6 Å². The highest BCUT2D eigenvalue weighted by molar-refractivity contribution is 7.16. The van der Waals surface area contributed by atoms with Crippen LogP contribution in [0.2, 0.25) is 0 Å². The third kappa shape index (κ3) is 0.991. The number of hydrogen-bond donors (Lipinski definition) is 0. The molecule has 0 aliphatic carbocycles. The normalized spacial score (nSPS) is 10.6. The summed E-state index contributed by atoms with van der Waals surface area (Å²) in [5.74, 6) is 0. The number of aryl methyl sites for hydroxylation is 1. The molecule has 3 nitrogen and oxygen atoms in total. The monoisotopic (exact) mass is 165 g/mol. The van der Waals surface area contributed by atoms with Gasteiger partial charge in [-0.25, -0.2) is 15.0 Å². The van der Waals surface area contributed by atoms with Crippen molar-refractivity contribution in [1.29, 1.82) is 0 Å². The average molecular weight is 165 g/mol. The standard InChI is InChI=1S/C7H7N3S/c1-2-5-6-7(9-3-8-5)11-4-10-6/h3-4H,2H2,1H3. The van der Waals surface area contributed by atoms with Gasteiger partial charge in [0.2, 0.25) is 0 Å². The smallest absolute Gasteiger partial charge is 0.146 e. The molecule has 2 heterocycles. The lowest BCUT2D eigenvalue weighted by atomic mass is 10.3. The van der Waals surface area contributed by atoms with E-state index in [1.165, 1.54) is 0 Å². The molecule has 0 saturated heterocycles. The lowest BCUT2D eigenvalue weighted by molar-refractivity contribution is 1.02. The van der Waals surface area contributed by atoms with Crippen LogP contribution in [0.15, 0.2) is 11.8 Å². The molecule has 0 amide bonds. The first-order chi connectivity index (χ1) is 5.42. The zero-order chi connectivity index (χ0) is 7.68. The van der Waals surface area contributed by atoms with Crippen LogP contribution in [0.4, 0.5) is 0 Å². The average Bonchev–Trinajstić information content (AvgIpc) is 2.50. The van der Waals surface area contributed by atoms with E-state index >= 15 is 0 Å². The number of aromatic nitrogens is 3. The first kappa shape index (κ1) is 6.67. The Kier molecular flexibility index (Phi) is 1.54. The first-order valence-corrected chi connectivity index (χ1v) is 4.33. The summed E-state index contributed by atoms with van der Waals surface area (Å²) in [6.45, 7) is 2.07. The second-order valence-corrected chi connectivity index (χ2v) is 3.01. The summed E-state index contributed by atoms with van der Waals surface area (Å²) in [7, 11) is 0. The van der Waals surface area contributed by atoms with Crippen molar-refractivity contribution >= 4 is 21.7 Å². The van der Waals surface area contributed by atoms with E-state index in [1.807, 2.05) is 0 Å². The Morgan fingerprint density at radius 2 is 2.27 bits per heavy atom. The zero-order valence-electron chi connectivity index (χ0n) is 6.11. The van der Waals surface area contributed by atoms with Gasteiger partial charge in [-0.3, -0.25) is 0 Å². The van der Waals surface area contributed by atoms with Crippen LogP contribution < -0.4 is 0 Å². The SMILES string of the molecule is CCc1ncnc2scnc12. The van der Waals surface area contributed by atoms with Crippen LogP contribution in [0.5, 0.6) is 0 Å². The molecule has 0 radical (unpaired) electrons. The van der Waals surface area contributed by atoms with Gasteiger partial charge in [-0.1, -0.05) is 6.92 Å². The molecule has 0 saturated carbocycles. The largest absolute Gasteiger partial charge is 0.241 e. The lowest BCUT2D eigenvalue weighted by Crippen LogP contribution is -1.88. The minimum absolute atomic E-state index is 0.919. The van der Waals surface area contributed by atoms with Crippen molar-refractivity contribution in [1.82, 2.24) is 15.0 Å². The van der Waals surface area contributed by atoms with Gasteiger partial charge in [0.25, 0.3) is 0 Å². The van der Waals surface area contributed by atoms with Gasteiger partial charge < -0.3 is 0 Å². The molecule has 0 aromatic carbocycles. The van der Waals surface area contributed by atoms with E-state index < -0.39 is 0 Å². The number of rotatable bonds is 1. The van der Waals surface area contributed by atoms with Crippen LogP contribution in [0.3, 0.4) is 0 Å². The van der Waals surface area contributed by atoms with E-state index in [0.29, 0.717) is 0 Å². The highest BCUT2D eigenvalue weighted by Gasteiger charge is 2.02. The van der Waals surface area contributed by atoms with E-state index in [-0.39, 0.29) is 0 Å². The van der Waals surface area contributed by atoms with Crippen LogP contribution in [-0.4, -0.2) is 15.0 Å². The molecule has 2 aromatic rings. The maximum absolute atomic E-state index is 4.18. The van der Waals surface area contributed by atoms with Crippen molar-refractivity contribution in [2.45, 2.75) is 13.3 Å². The number of fused-ring (bicyclic) bond motifs is 1. The van der Waals surface area contributed by atoms with E-state index in [9.17, 15) is 0 Å². The lowest BCUT2D eigenvalue weighted by Gasteiger charge is -1.93. The maximum Gasteiger partial charge on any atom is 0.146 e. The van der Waals surface area contributed by atoms with Gasteiger partial charge in [0, 0.05) is 0 Å². The summed E-state index contributed by atoms with van der Waals surface area (Å²) in [4.78, 5) is 13.4. The summed E-state index contributed by atoms with van der Waals surface area (Å²) < 4.78 is 0. The molecule has 0 N–H and O–H groups in total. The van der Waals surface area contributed by atoms with E-state index in [1.54, 1.807) is 23.2 Å². The van der Waals surface area contributed by atoms with Crippen molar-refractivity contribution in [3.63, 3.8) is 0 Å². The third-order valence-electron chi connectivity index (χ3n) is 1.55. The molecule has 2 aromatic heterocycles. The summed E-state index contributed by atoms with van der Waals surface area (Å²) >= 11 is 1.55. The van der Waals surface area contributed by atoms with Gasteiger partial charge in [-0.05, 0) is 6.42 Å². The van der Waals surface area contributed by atoms with E-state index in [0.717, 1.165) is 22.5 Å². The zero-order valence-corrected chi connectivity index (χ0v) is 6.93. The molecule has 11 heavy (non-hydrogen) atoms. The van der Waals surface area contributed by atoms with Crippen LogP contribution in [0, 0.1) is 0 Å². The van der Waals surface area contributed by atoms with Crippen molar-refractivity contribution in [3.05, 3.63) is 17.5 Å². The highest BCUT2D eigenvalue weighted by atomic mass is 32.1. The molecule has 0 aliphatic heterocycles. The Hall–Kier alpha value is -1.03. The third-order valence-corrected chi connectivity index (χ3v) is 2.28. The second kappa shape index (κ2) is 2.54. The summed E-state index contributed by atoms with van der Waals surface area (Å²) in [5, 5.41) is 0. The van der Waals surface area contributed by atoms with Gasteiger partial charge in [0.05, 0.1) is 11.2 Å². The molecule has 56 valence electrons. The Morgan fingerprint density at radius 3 is 3.09 bits per heavy atom. The molecule has 0 fully saturated rings. The fraction of sp³-hybridized carbons (Fsp3) is 0.286. The molecule has 0 spiro atoms. The first-order valence-electron chi connectivity index (χ1n) is 3.45. The topological polar surface area (TPSA) is 38.7 Å². The van der Waals surface area contributed by atoms with Crippen molar-refractivity contribution in [2.24, 2.45) is 0 Å². The van der Waals surface area contributed by atoms with Crippen molar-refractivity contribution < 1.29 is 0 Å². The van der Waals surface area contributed by atoms with Crippen LogP contribution in [0.25, 0.3) is 10.3 Å². The minimum Gasteiger partial charge on any atom is -0.241 e. The molecule has 0 atom stereocenters. The Bertz CT molecular complexity index is 368. The molecular weight excluding hydrogens is 158 g/mol. The summed E-state index contributed by atoms with van der Waals surface area (Å²) in [5.41, 5.74) is 3.80. The summed E-state index contributed by atoms with van der Waals surface area (Å²) in [6, 6.07) is 0. The number of thiazole rings is 1. The second-order valence-electron chi connectivity index (χ2n) is 2.18. The Morgan fingerprint density at radius 1 is 1.36 bits per heavy atom. The van der Waals surface area contributed by atoms with Gasteiger partial charge in [0.1, 0.15) is 16.7 Å². The molecule has 2 rings (SSSR count). The van der Waals surface area contributed by atoms with E-state index in [4.69, 9.17) is 0 Å². The quantitative estimate of drug-likeness (QED) is 0.645. The van der Waals surface area contributed by atoms with Gasteiger partial charge in [-0.15, -0.1) is 11.3 Å². The molecular formula is C7H7N3S. The van der Waals surface area contributed by atoms with Gasteiger partial charge >= 0.3 is 0 Å². The highest BCUT2D eigenvalue weighted by Crippen LogP contribution is 2.16. The van der Waals surface area contributed by atoms with E-state index in [2.05, 4.69) is 21.9 Å². The predicted octanol–water partition coefficient (Wildman–Crippen LogP) is 1.65. The number of nitrogens with zero attached hydrogens (tertiary/aromatic N) is 3. The minimum atomic E-state index is 0.919. The molecule has 0 aliphatic rings. The van der Waals surface area contributed by atoms with Gasteiger partial charge in [0.15, 0.2) is 0 Å². The summed E-state index contributed by atoms with van der Waals surface area (Å²) in [6.07, 6.45) is 2.52. The van der Waals surface area contributed by atoms with Crippen LogP contribution >= 0.6 is 11.3 Å². The molecule has 0 bridgehead atoms. The maximum atomic E-state index is 4.18. The predicted molar refractivity (Wildman–Crippen MR) is 44.6 cm³/mol. The Balaban J connectivity index is 2.79. The van der Waals surface area contributed by atoms with Gasteiger partial charge in [-0.2, -0.15) is 0 Å². The Labute approximate surface area is 68.1 Å². The molecule has 4 heteroatoms. The van der Waals surface area contributed by atoms with Crippen LogP contribution in [-0.2, 0) is 6.42 Å². The fourth-order valence-electron chi connectivity index (χ4n) is 1.00. The fourth-order valence-corrected chi connectivity index (χ4v) is 1.65. The molecule has 0 unspecified atom stereocenters.